The SMILES string of the molecule is Cc1cc(C[C@@H](O)C(=O)[O-])cc(C(F)(F)F)c1OC(=O)OC(C)(C)C.[Na+]. The van der Waals surface area contributed by atoms with Gasteiger partial charge in [-0.3, -0.25) is 0 Å². The van der Waals surface area contributed by atoms with Crippen LogP contribution in [0, 0.1) is 6.92 Å². The number of hydrogen-bond donors (Lipinski definition) is 1. The van der Waals surface area contributed by atoms with Crippen molar-refractivity contribution in [2.45, 2.75) is 52.0 Å². The molecule has 0 bridgehead atoms. The van der Waals surface area contributed by atoms with Gasteiger partial charge < -0.3 is 24.5 Å². The number of hydrogen-bond acceptors (Lipinski definition) is 6. The third-order valence-corrected chi connectivity index (χ3v) is 2.92. The molecule has 6 nitrogen and oxygen atoms in total. The summed E-state index contributed by atoms with van der Waals surface area (Å²) in [7, 11) is 0. The molecule has 0 spiro atoms. The van der Waals surface area contributed by atoms with E-state index in [1.54, 1.807) is 0 Å². The molecule has 0 amide bonds. The van der Waals surface area contributed by atoms with Crippen molar-refractivity contribution in [1.29, 1.82) is 0 Å². The van der Waals surface area contributed by atoms with E-state index in [2.05, 4.69) is 0 Å². The number of benzene rings is 1. The third kappa shape index (κ3) is 7.53. The second-order valence-electron chi connectivity index (χ2n) is 6.39. The summed E-state index contributed by atoms with van der Waals surface area (Å²) in [6.07, 6.45) is -8.72. The normalized spacial score (nSPS) is 12.8. The molecule has 0 fully saturated rings. The number of aliphatic hydroxyl groups is 1. The van der Waals surface area contributed by atoms with Gasteiger partial charge in [0.2, 0.25) is 0 Å². The molecule has 0 aliphatic rings. The summed E-state index contributed by atoms with van der Waals surface area (Å²) in [4.78, 5) is 22.2. The van der Waals surface area contributed by atoms with E-state index < -0.39 is 47.7 Å². The van der Waals surface area contributed by atoms with Crippen molar-refractivity contribution in [1.82, 2.24) is 0 Å². The molecule has 26 heavy (non-hydrogen) atoms. The van der Waals surface area contributed by atoms with Crippen molar-refractivity contribution in [2.75, 3.05) is 0 Å². The maximum Gasteiger partial charge on any atom is 1.00 e. The van der Waals surface area contributed by atoms with Gasteiger partial charge in [0.25, 0.3) is 0 Å². The average Bonchev–Trinajstić information content (AvgIpc) is 2.37. The number of carboxylic acid groups (broad SMARTS) is 1. The van der Waals surface area contributed by atoms with Gasteiger partial charge >= 0.3 is 41.9 Å². The Hall–Kier alpha value is -1.29. The van der Waals surface area contributed by atoms with Crippen LogP contribution in [0.4, 0.5) is 18.0 Å². The minimum atomic E-state index is -4.87. The summed E-state index contributed by atoms with van der Waals surface area (Å²) in [5.41, 5.74) is -2.40. The Morgan fingerprint density at radius 2 is 1.77 bits per heavy atom. The summed E-state index contributed by atoms with van der Waals surface area (Å²) in [6, 6.07) is 1.79. The van der Waals surface area contributed by atoms with Crippen molar-refractivity contribution in [3.05, 3.63) is 28.8 Å². The van der Waals surface area contributed by atoms with Gasteiger partial charge in [0.15, 0.2) is 0 Å². The predicted octanol–water partition coefficient (Wildman–Crippen LogP) is -1.01. The Bertz CT molecular complexity index is 667. The van der Waals surface area contributed by atoms with E-state index in [1.807, 2.05) is 0 Å². The van der Waals surface area contributed by atoms with Crippen LogP contribution in [0.1, 0.15) is 37.5 Å². The zero-order chi connectivity index (χ0) is 19.6. The topological polar surface area (TPSA) is 95.9 Å². The second-order valence-corrected chi connectivity index (χ2v) is 6.39. The van der Waals surface area contributed by atoms with Gasteiger partial charge in [-0.1, -0.05) is 6.07 Å². The first kappa shape index (κ1) is 24.7. The quantitative estimate of drug-likeness (QED) is 0.405. The van der Waals surface area contributed by atoms with E-state index in [0.29, 0.717) is 6.07 Å². The van der Waals surface area contributed by atoms with E-state index in [4.69, 9.17) is 9.47 Å². The molecule has 0 saturated carbocycles. The van der Waals surface area contributed by atoms with Gasteiger partial charge in [-0.05, 0) is 44.9 Å². The Labute approximate surface area is 170 Å². The molecule has 0 aliphatic heterocycles. The first-order valence-corrected chi connectivity index (χ1v) is 7.21. The number of carbonyl (C=O) groups excluding carboxylic acids is 2. The van der Waals surface area contributed by atoms with Gasteiger partial charge in [-0.15, -0.1) is 0 Å². The number of halogens is 3. The average molecular weight is 386 g/mol. The molecular formula is C16H18F3NaO6. The van der Waals surface area contributed by atoms with Crippen molar-refractivity contribution < 1.29 is 72.0 Å². The fraction of sp³-hybridized carbons (Fsp3) is 0.500. The number of aliphatic carboxylic acids is 1. The van der Waals surface area contributed by atoms with E-state index in [-0.39, 0.29) is 40.7 Å². The maximum atomic E-state index is 13.3. The Kier molecular flexibility index (Phi) is 8.62. The van der Waals surface area contributed by atoms with Gasteiger partial charge in [0.1, 0.15) is 11.4 Å². The van der Waals surface area contributed by atoms with Crippen molar-refractivity contribution in [2.24, 2.45) is 0 Å². The molecule has 1 N–H and O–H groups in total. The summed E-state index contributed by atoms with van der Waals surface area (Å²) in [5.74, 6) is -2.55. The second kappa shape index (κ2) is 9.07. The fourth-order valence-electron chi connectivity index (χ4n) is 1.97. The molecule has 1 aromatic rings. The maximum absolute atomic E-state index is 13.3. The molecule has 0 heterocycles. The number of rotatable bonds is 4. The molecule has 0 unspecified atom stereocenters. The van der Waals surface area contributed by atoms with Gasteiger partial charge in [-0.25, -0.2) is 4.79 Å². The van der Waals surface area contributed by atoms with E-state index >= 15 is 0 Å². The summed E-state index contributed by atoms with van der Waals surface area (Å²) in [5, 5.41) is 19.8. The number of aryl methyl sites for hydroxylation is 1. The van der Waals surface area contributed by atoms with Gasteiger partial charge in [0, 0.05) is 6.42 Å². The molecule has 0 aromatic heterocycles. The minimum absolute atomic E-state index is 0. The first-order chi connectivity index (χ1) is 11.2. The van der Waals surface area contributed by atoms with Crippen LogP contribution < -0.4 is 39.4 Å². The molecule has 0 saturated heterocycles. The largest absolute Gasteiger partial charge is 1.00 e. The molecular weight excluding hydrogens is 368 g/mol. The predicted molar refractivity (Wildman–Crippen MR) is 77.8 cm³/mol. The van der Waals surface area contributed by atoms with Gasteiger partial charge in [-0.2, -0.15) is 13.2 Å². The summed E-state index contributed by atoms with van der Waals surface area (Å²) >= 11 is 0. The van der Waals surface area contributed by atoms with Crippen LogP contribution in [0.3, 0.4) is 0 Å². The van der Waals surface area contributed by atoms with Crippen LogP contribution in [0.5, 0.6) is 5.75 Å². The molecule has 0 radical (unpaired) electrons. The van der Waals surface area contributed by atoms with Crippen molar-refractivity contribution in [3.8, 4) is 5.75 Å². The van der Waals surface area contributed by atoms with Gasteiger partial charge in [0.05, 0.1) is 17.6 Å². The minimum Gasteiger partial charge on any atom is -0.547 e. The standard InChI is InChI=1S/C16H19F3O6.Na/c1-8-5-9(7-11(20)13(21)22)6-10(16(17,18)19)12(8)24-14(23)25-15(2,3)4;/h5-6,11,20H,7H2,1-4H3,(H,21,22);/q;+1/p-1/t11-;/m1./s1. The molecule has 1 atom stereocenters. The third-order valence-electron chi connectivity index (χ3n) is 2.92. The smallest absolute Gasteiger partial charge is 0.547 e. The number of ether oxygens (including phenoxy) is 2. The van der Waals surface area contributed by atoms with Crippen LogP contribution in [-0.2, 0) is 22.1 Å². The van der Waals surface area contributed by atoms with Crippen LogP contribution >= 0.6 is 0 Å². The Morgan fingerprint density at radius 3 is 2.19 bits per heavy atom. The monoisotopic (exact) mass is 386 g/mol. The van der Waals surface area contributed by atoms with E-state index in [9.17, 15) is 33.0 Å². The first-order valence-electron chi connectivity index (χ1n) is 7.21. The number of carbonyl (C=O) groups is 2. The summed E-state index contributed by atoms with van der Waals surface area (Å²) in [6.45, 7) is 5.83. The zero-order valence-corrected chi connectivity index (χ0v) is 17.1. The van der Waals surface area contributed by atoms with E-state index in [1.165, 1.54) is 33.8 Å². The van der Waals surface area contributed by atoms with Crippen LogP contribution in [-0.4, -0.2) is 28.9 Å². The molecule has 0 aliphatic carbocycles. The molecule has 10 heteroatoms. The molecule has 140 valence electrons. The number of alkyl halides is 3. The van der Waals surface area contributed by atoms with Crippen LogP contribution in [0.25, 0.3) is 0 Å². The number of aliphatic hydroxyl groups excluding tert-OH is 1. The Balaban J connectivity index is 0.00000625. The van der Waals surface area contributed by atoms with E-state index in [0.717, 1.165) is 0 Å². The number of carboxylic acids is 1. The molecule has 1 aromatic carbocycles. The molecule has 1 rings (SSSR count). The zero-order valence-electron chi connectivity index (χ0n) is 15.1. The summed E-state index contributed by atoms with van der Waals surface area (Å²) < 4.78 is 49.4. The van der Waals surface area contributed by atoms with Crippen LogP contribution in [0.2, 0.25) is 0 Å². The van der Waals surface area contributed by atoms with Crippen molar-refractivity contribution >= 4 is 12.1 Å². The Morgan fingerprint density at radius 1 is 1.23 bits per heavy atom. The van der Waals surface area contributed by atoms with Crippen LogP contribution in [0.15, 0.2) is 12.1 Å². The van der Waals surface area contributed by atoms with Crippen molar-refractivity contribution in [3.63, 3.8) is 0 Å². The fourth-order valence-corrected chi connectivity index (χ4v) is 1.97.